The molecule has 0 saturated carbocycles. The number of nitrogens with two attached hydrogens (primary N) is 1. The molecule has 2 saturated heterocycles. The molecule has 0 bridgehead atoms. The van der Waals surface area contributed by atoms with E-state index in [1.54, 1.807) is 17.4 Å². The molecule has 5 heterocycles. The molecule has 2 unspecified atom stereocenters. The molecule has 7 rings (SSSR count). The lowest BCUT2D eigenvalue weighted by Crippen LogP contribution is -2.34. The van der Waals surface area contributed by atoms with Crippen LogP contribution in [0.5, 0.6) is 0 Å². The fourth-order valence-corrected chi connectivity index (χ4v) is 8.44. The minimum Gasteiger partial charge on any atom is -0.475 e. The van der Waals surface area contributed by atoms with Crippen molar-refractivity contribution in [1.82, 2.24) is 19.7 Å². The number of aromatic nitrogens is 3. The van der Waals surface area contributed by atoms with Crippen LogP contribution in [0.4, 0.5) is 18.9 Å². The van der Waals surface area contributed by atoms with E-state index in [1.165, 1.54) is 12.0 Å². The first-order valence-corrected chi connectivity index (χ1v) is 18.4. The fraction of sp³-hybridized carbons (Fsp3) is 0.368. The van der Waals surface area contributed by atoms with Crippen LogP contribution in [0.1, 0.15) is 61.6 Å². The van der Waals surface area contributed by atoms with E-state index in [1.807, 2.05) is 48.2 Å². The number of thiophene rings is 1. The monoisotopic (exact) mass is 795 g/mol. The van der Waals surface area contributed by atoms with Gasteiger partial charge in [-0.05, 0) is 56.7 Å². The van der Waals surface area contributed by atoms with E-state index in [0.717, 1.165) is 52.0 Å². The third-order valence-electron chi connectivity index (χ3n) is 9.91. The molecule has 3 atom stereocenters. The number of alkyl halides is 3. The fourth-order valence-electron chi connectivity index (χ4n) is 7.10. The first-order valence-electron chi connectivity index (χ1n) is 17.2. The molecule has 55 heavy (non-hydrogen) atoms. The van der Waals surface area contributed by atoms with Crippen molar-refractivity contribution < 1.29 is 37.4 Å². The van der Waals surface area contributed by atoms with Crippen LogP contribution in [0, 0.1) is 44.4 Å². The molecule has 2 aromatic carbocycles. The molecule has 3 aliphatic heterocycles. The standard InChI is InChI=1S/C36H36ClN7O3S.C2HF3O2/c1-20-21(2)48-35-32(20)33(23-7-9-27(37)10-8-23)39-30(34-41-40-22(3)44(34)35)15-31(45)43-18-25-16-42(17-26(25)19-43)28-11-12-29(36(46)47-4)24(14-28)6-5-13-38;3-2(4,5)1(6)7/h7-12,14,25-26,30H,13,15-19,38H2,1-4H3;(H,6,7)/t25?,26?,30-;/m0./s1. The number of hydrogen-bond acceptors (Lipinski definition) is 10. The molecule has 288 valence electrons. The van der Waals surface area contributed by atoms with Crippen LogP contribution < -0.4 is 10.6 Å². The molecular formula is C38H37ClF3N7O5S. The topological polar surface area (TPSA) is 156 Å². The van der Waals surface area contributed by atoms with Gasteiger partial charge in [0.15, 0.2) is 5.82 Å². The number of esters is 1. The maximum absolute atomic E-state index is 14.0. The van der Waals surface area contributed by atoms with Gasteiger partial charge in [0.25, 0.3) is 0 Å². The number of amides is 1. The van der Waals surface area contributed by atoms with Gasteiger partial charge in [-0.3, -0.25) is 14.4 Å². The zero-order valence-electron chi connectivity index (χ0n) is 30.3. The van der Waals surface area contributed by atoms with E-state index in [2.05, 4.69) is 45.4 Å². The molecule has 0 spiro atoms. The number of aliphatic imine (C=N–C) groups is 1. The number of halogens is 4. The van der Waals surface area contributed by atoms with Gasteiger partial charge in [-0.2, -0.15) is 13.2 Å². The summed E-state index contributed by atoms with van der Waals surface area (Å²) < 4.78 is 38.8. The van der Waals surface area contributed by atoms with Crippen molar-refractivity contribution in [2.24, 2.45) is 22.6 Å². The van der Waals surface area contributed by atoms with Gasteiger partial charge in [0.05, 0.1) is 31.4 Å². The second-order valence-corrected chi connectivity index (χ2v) is 15.0. The highest BCUT2D eigenvalue weighted by atomic mass is 35.5. The Morgan fingerprint density at radius 2 is 1.69 bits per heavy atom. The van der Waals surface area contributed by atoms with Gasteiger partial charge in [0, 0.05) is 70.3 Å². The van der Waals surface area contributed by atoms with Crippen LogP contribution in [0.15, 0.2) is 47.5 Å². The zero-order chi connectivity index (χ0) is 39.8. The number of methoxy groups -OCH3 is 1. The lowest BCUT2D eigenvalue weighted by atomic mass is 9.99. The maximum atomic E-state index is 14.0. The van der Waals surface area contributed by atoms with Crippen molar-refractivity contribution in [2.45, 2.75) is 39.4 Å². The molecule has 0 aliphatic carbocycles. The van der Waals surface area contributed by atoms with Gasteiger partial charge in [0.1, 0.15) is 16.9 Å². The maximum Gasteiger partial charge on any atom is 0.490 e. The lowest BCUT2D eigenvalue weighted by molar-refractivity contribution is -0.192. The van der Waals surface area contributed by atoms with Crippen molar-refractivity contribution in [3.8, 4) is 16.8 Å². The van der Waals surface area contributed by atoms with Crippen molar-refractivity contribution in [2.75, 3.05) is 44.7 Å². The average Bonchev–Trinajstić information content (AvgIpc) is 3.89. The first-order chi connectivity index (χ1) is 26.1. The molecule has 0 radical (unpaired) electrons. The number of ether oxygens (including phenoxy) is 1. The Morgan fingerprint density at radius 1 is 1.04 bits per heavy atom. The van der Waals surface area contributed by atoms with E-state index < -0.39 is 24.2 Å². The Bertz CT molecular complexity index is 2230. The molecule has 2 fully saturated rings. The number of aryl methyl sites for hydroxylation is 2. The summed E-state index contributed by atoms with van der Waals surface area (Å²) in [6, 6.07) is 12.9. The predicted octanol–water partition coefficient (Wildman–Crippen LogP) is 5.51. The predicted molar refractivity (Wildman–Crippen MR) is 201 cm³/mol. The van der Waals surface area contributed by atoms with Gasteiger partial charge < -0.3 is 25.4 Å². The van der Waals surface area contributed by atoms with E-state index in [0.29, 0.717) is 46.9 Å². The summed E-state index contributed by atoms with van der Waals surface area (Å²) in [5.74, 6) is 4.86. The highest BCUT2D eigenvalue weighted by Gasteiger charge is 2.43. The van der Waals surface area contributed by atoms with Gasteiger partial charge in [-0.15, -0.1) is 21.5 Å². The molecule has 1 amide bonds. The van der Waals surface area contributed by atoms with Crippen molar-refractivity contribution in [3.05, 3.63) is 91.8 Å². The second-order valence-electron chi connectivity index (χ2n) is 13.4. The SMILES string of the molecule is COC(=O)c1ccc(N2CC3CN(C(=O)C[C@@H]4N=C(c5ccc(Cl)cc5)c5c(sc(C)c5C)-n5c(C)nnc54)CC3C2)cc1C#CCN.O=C(O)C(F)(F)F. The molecule has 17 heteroatoms. The quantitative estimate of drug-likeness (QED) is 0.196. The van der Waals surface area contributed by atoms with Crippen LogP contribution in [0.2, 0.25) is 5.02 Å². The largest absolute Gasteiger partial charge is 0.490 e. The minimum atomic E-state index is -5.08. The number of benzene rings is 2. The molecule has 3 N–H and O–H groups in total. The van der Waals surface area contributed by atoms with E-state index in [9.17, 15) is 22.8 Å². The average molecular weight is 796 g/mol. The number of fused-ring (bicyclic) bond motifs is 4. The van der Waals surface area contributed by atoms with Gasteiger partial charge in [-0.25, -0.2) is 9.59 Å². The third-order valence-corrected chi connectivity index (χ3v) is 11.3. The van der Waals surface area contributed by atoms with E-state index in [4.69, 9.17) is 37.0 Å². The molecule has 3 aliphatic rings. The number of likely N-dealkylation sites (tertiary alicyclic amines) is 1. The lowest BCUT2D eigenvalue weighted by Gasteiger charge is -2.24. The normalized spacial score (nSPS) is 18.5. The van der Waals surface area contributed by atoms with Crippen LogP contribution in [0.25, 0.3) is 5.00 Å². The Kier molecular flexibility index (Phi) is 11.4. The second kappa shape index (κ2) is 15.9. The Morgan fingerprint density at radius 3 is 2.29 bits per heavy atom. The molecular weight excluding hydrogens is 759 g/mol. The van der Waals surface area contributed by atoms with Crippen LogP contribution in [0.3, 0.4) is 0 Å². The summed E-state index contributed by atoms with van der Waals surface area (Å²) in [6.07, 6.45) is -4.89. The van der Waals surface area contributed by atoms with E-state index >= 15 is 0 Å². The Labute approximate surface area is 323 Å². The zero-order valence-corrected chi connectivity index (χ0v) is 31.8. The first kappa shape index (κ1) is 39.5. The molecule has 4 aromatic rings. The molecule has 12 nitrogen and oxygen atoms in total. The van der Waals surface area contributed by atoms with Gasteiger partial charge in [0.2, 0.25) is 5.91 Å². The van der Waals surface area contributed by atoms with Crippen LogP contribution in [-0.4, -0.2) is 94.3 Å². The van der Waals surface area contributed by atoms with Gasteiger partial charge in [-0.1, -0.05) is 35.6 Å². The number of carboxylic acids is 1. The number of aliphatic carboxylic acids is 1. The molecule has 2 aromatic heterocycles. The number of nitrogens with zero attached hydrogens (tertiary/aromatic N) is 6. The summed E-state index contributed by atoms with van der Waals surface area (Å²) in [5, 5.41) is 17.8. The number of hydrogen-bond donors (Lipinski definition) is 2. The van der Waals surface area contributed by atoms with E-state index in [-0.39, 0.29) is 18.9 Å². The van der Waals surface area contributed by atoms with Crippen molar-refractivity contribution in [3.63, 3.8) is 0 Å². The van der Waals surface area contributed by atoms with Crippen LogP contribution in [-0.2, 0) is 14.3 Å². The number of rotatable bonds is 5. The third kappa shape index (κ3) is 8.10. The summed E-state index contributed by atoms with van der Waals surface area (Å²) in [7, 11) is 1.36. The van der Waals surface area contributed by atoms with Crippen LogP contribution >= 0.6 is 22.9 Å². The Hall–Kier alpha value is -5.24. The highest BCUT2D eigenvalue weighted by molar-refractivity contribution is 7.15. The smallest absolute Gasteiger partial charge is 0.475 e. The Balaban J connectivity index is 0.000000672. The number of carboxylic acid groups (broad SMARTS) is 1. The number of anilines is 1. The summed E-state index contributed by atoms with van der Waals surface area (Å²) in [5.41, 5.74) is 11.6. The summed E-state index contributed by atoms with van der Waals surface area (Å²) in [4.78, 5) is 46.0. The highest BCUT2D eigenvalue weighted by Crippen LogP contribution is 2.41. The summed E-state index contributed by atoms with van der Waals surface area (Å²) >= 11 is 7.95. The minimum absolute atomic E-state index is 0.0623. The summed E-state index contributed by atoms with van der Waals surface area (Å²) in [6.45, 7) is 9.36. The van der Waals surface area contributed by atoms with Gasteiger partial charge >= 0.3 is 18.1 Å². The van der Waals surface area contributed by atoms with Crippen molar-refractivity contribution >= 4 is 52.2 Å². The van der Waals surface area contributed by atoms with Crippen molar-refractivity contribution in [1.29, 1.82) is 0 Å². The number of carbonyl (C=O) groups is 3. The number of carbonyl (C=O) groups excluding carboxylic acids is 2.